The molecule has 0 aromatic heterocycles. The molecular weight excluding hydrogens is 464 g/mol. The molecule has 20 heteroatoms. The van der Waals surface area contributed by atoms with Crippen LogP contribution >= 0.6 is 0 Å². The van der Waals surface area contributed by atoms with Crippen molar-refractivity contribution in [2.45, 2.75) is 30.6 Å². The van der Waals surface area contributed by atoms with Crippen LogP contribution in [0.4, 0.5) is 70.2 Å². The molecule has 3 nitrogen and oxygen atoms in total. The fraction of sp³-hybridized carbons (Fsp3) is 0.714. The lowest BCUT2D eigenvalue weighted by atomic mass is 10.6. The van der Waals surface area contributed by atoms with Gasteiger partial charge in [-0.2, -0.15) is 43.9 Å². The Bertz CT molecular complexity index is 538. The molecule has 0 radical (unpaired) electrons. The Morgan fingerprint density at radius 1 is 0.556 bits per heavy atom. The van der Waals surface area contributed by atoms with E-state index in [-0.39, 0.29) is 0 Å². The van der Waals surface area contributed by atoms with Crippen molar-refractivity contribution in [1.29, 1.82) is 0 Å². The summed E-state index contributed by atoms with van der Waals surface area (Å²) < 4.78 is 203. The molecule has 0 spiro atoms. The van der Waals surface area contributed by atoms with E-state index in [1.165, 1.54) is 0 Å². The highest BCUT2D eigenvalue weighted by molar-refractivity contribution is 6.64. The average molecular weight is 464 g/mol. The Hall–Kier alpha value is -1.28. The molecule has 0 heterocycles. The number of halogens is 16. The quantitative estimate of drug-likeness (QED) is 0.388. The number of allylic oxidation sites excluding steroid dienone is 1. The zero-order valence-electron chi connectivity index (χ0n) is 11.3. The highest BCUT2D eigenvalue weighted by atomic mass is 28.4. The maximum absolute atomic E-state index is 13.4. The van der Waals surface area contributed by atoms with Crippen LogP contribution in [0.1, 0.15) is 0 Å². The van der Waals surface area contributed by atoms with Gasteiger partial charge in [0.1, 0.15) is 0 Å². The van der Waals surface area contributed by atoms with Crippen LogP contribution in [-0.4, -0.2) is 39.4 Å². The Morgan fingerprint density at radius 2 is 0.889 bits per heavy atom. The minimum atomic E-state index is -9.13. The fourth-order valence-corrected chi connectivity index (χ4v) is 2.97. The normalized spacial score (nSPS) is 15.1. The minimum absolute atomic E-state index is 1.81. The van der Waals surface area contributed by atoms with Crippen LogP contribution in [0.25, 0.3) is 0 Å². The van der Waals surface area contributed by atoms with Crippen molar-refractivity contribution in [3.05, 3.63) is 11.9 Å². The van der Waals surface area contributed by atoms with Gasteiger partial charge < -0.3 is 4.43 Å². The van der Waals surface area contributed by atoms with E-state index in [4.69, 9.17) is 0 Å². The molecule has 0 aromatic rings. The van der Waals surface area contributed by atoms with Crippen LogP contribution < -0.4 is 0 Å². The first kappa shape index (κ1) is 25.7. The first-order valence-corrected chi connectivity index (χ1v) is 6.97. The van der Waals surface area contributed by atoms with Crippen molar-refractivity contribution in [1.82, 2.24) is 0 Å². The molecule has 0 aliphatic carbocycles. The van der Waals surface area contributed by atoms with Crippen molar-refractivity contribution in [2.75, 3.05) is 0 Å². The third kappa shape index (κ3) is 6.38. The second kappa shape index (κ2) is 7.27. The summed E-state index contributed by atoms with van der Waals surface area (Å²) >= 11 is 0. The zero-order valence-corrected chi connectivity index (χ0v) is 12.3. The van der Waals surface area contributed by atoms with E-state index in [0.29, 0.717) is 0 Å². The van der Waals surface area contributed by atoms with E-state index in [1.54, 1.807) is 8.85 Å². The molecule has 0 rings (SSSR count). The van der Waals surface area contributed by atoms with Crippen molar-refractivity contribution >= 4 is 8.80 Å². The van der Waals surface area contributed by atoms with Gasteiger partial charge in [0.05, 0.1) is 0 Å². The Labute approximate surface area is 136 Å². The summed E-state index contributed by atoms with van der Waals surface area (Å²) in [7, 11) is -9.13. The van der Waals surface area contributed by atoms with Crippen molar-refractivity contribution in [3.8, 4) is 0 Å². The second-order valence-electron chi connectivity index (χ2n) is 3.92. The third-order valence-corrected chi connectivity index (χ3v) is 4.43. The molecule has 27 heavy (non-hydrogen) atoms. The summed E-state index contributed by atoms with van der Waals surface area (Å²) in [6, 6.07) is 0. The van der Waals surface area contributed by atoms with Gasteiger partial charge in [0.2, 0.25) is 5.83 Å². The highest BCUT2D eigenvalue weighted by Gasteiger charge is 2.81. The van der Waals surface area contributed by atoms with Gasteiger partial charge in [-0.25, -0.2) is 0 Å². The van der Waals surface area contributed by atoms with Gasteiger partial charge in [0.25, 0.3) is 0 Å². The SMILES string of the molecule is FC(F)=C(F)C(F)(F)[Si](OC(F)(F)F)(OC(F)(F)F)OC(F)(F)C(F)(F)F. The van der Waals surface area contributed by atoms with E-state index in [2.05, 4.69) is 0 Å². The summed E-state index contributed by atoms with van der Waals surface area (Å²) in [5.41, 5.74) is -7.20. The van der Waals surface area contributed by atoms with Crippen LogP contribution in [0.2, 0.25) is 0 Å². The monoisotopic (exact) mass is 464 g/mol. The minimum Gasteiger partial charge on any atom is -0.302 e. The first-order chi connectivity index (χ1) is 11.5. The number of rotatable bonds is 6. The smallest absolute Gasteiger partial charge is 0.302 e. The summed E-state index contributed by atoms with van der Waals surface area (Å²) in [5, 5.41) is 0. The summed E-state index contributed by atoms with van der Waals surface area (Å²) in [6.45, 7) is 0. The van der Waals surface area contributed by atoms with E-state index < -0.39 is 51.3 Å². The lowest BCUT2D eigenvalue weighted by Crippen LogP contribution is -2.68. The molecule has 0 saturated carbocycles. The molecule has 0 N–H and O–H groups in total. The Balaban J connectivity index is 6.84. The number of hydrogen-bond donors (Lipinski definition) is 0. The number of alkyl halides is 13. The predicted molar refractivity (Wildman–Crippen MR) is 47.4 cm³/mol. The second-order valence-corrected chi connectivity index (χ2v) is 6.27. The van der Waals surface area contributed by atoms with Crippen LogP contribution in [0, 0.1) is 0 Å². The molecule has 0 bridgehead atoms. The summed E-state index contributed by atoms with van der Waals surface area (Å²) in [4.78, 5) is 0. The van der Waals surface area contributed by atoms with Crippen LogP contribution in [0.15, 0.2) is 11.9 Å². The summed E-state index contributed by atoms with van der Waals surface area (Å²) in [6.07, 6.45) is -32.9. The predicted octanol–water partition coefficient (Wildman–Crippen LogP) is 5.42. The van der Waals surface area contributed by atoms with Crippen LogP contribution in [-0.2, 0) is 13.3 Å². The van der Waals surface area contributed by atoms with E-state index in [0.717, 1.165) is 0 Å². The number of hydrogen-bond acceptors (Lipinski definition) is 3. The van der Waals surface area contributed by atoms with Gasteiger partial charge in [0.15, 0.2) is 0 Å². The lowest BCUT2D eigenvalue weighted by molar-refractivity contribution is -0.404. The molecule has 0 aliphatic rings. The van der Waals surface area contributed by atoms with E-state index in [9.17, 15) is 70.2 Å². The van der Waals surface area contributed by atoms with Gasteiger partial charge >= 0.3 is 45.4 Å². The molecule has 0 fully saturated rings. The largest absolute Gasteiger partial charge is 0.600 e. The van der Waals surface area contributed by atoms with E-state index in [1.807, 2.05) is 4.43 Å². The molecule has 0 amide bonds. The fourth-order valence-electron chi connectivity index (χ4n) is 1.04. The third-order valence-electron chi connectivity index (χ3n) is 1.92. The lowest BCUT2D eigenvalue weighted by Gasteiger charge is -2.37. The first-order valence-electron chi connectivity index (χ1n) is 5.25. The topological polar surface area (TPSA) is 27.7 Å². The van der Waals surface area contributed by atoms with Crippen molar-refractivity contribution in [2.24, 2.45) is 0 Å². The average Bonchev–Trinajstić information content (AvgIpc) is 2.30. The molecule has 0 saturated heterocycles. The van der Waals surface area contributed by atoms with Gasteiger partial charge in [0, 0.05) is 0 Å². The van der Waals surface area contributed by atoms with Gasteiger partial charge in [-0.15, -0.1) is 26.3 Å². The summed E-state index contributed by atoms with van der Waals surface area (Å²) in [5.74, 6) is -4.60. The molecule has 0 unspecified atom stereocenters. The maximum atomic E-state index is 13.4. The van der Waals surface area contributed by atoms with Crippen molar-refractivity contribution in [3.63, 3.8) is 0 Å². The van der Waals surface area contributed by atoms with Crippen LogP contribution in [0.5, 0.6) is 0 Å². The van der Waals surface area contributed by atoms with Gasteiger partial charge in [-0.3, -0.25) is 8.85 Å². The molecule has 162 valence electrons. The molecular formula is C7F16O3Si. The Kier molecular flexibility index (Phi) is 6.93. The molecule has 0 aliphatic heterocycles. The van der Waals surface area contributed by atoms with Crippen molar-refractivity contribution < 1.29 is 83.5 Å². The van der Waals surface area contributed by atoms with Crippen LogP contribution in [0.3, 0.4) is 0 Å². The van der Waals surface area contributed by atoms with Gasteiger partial charge in [-0.05, 0) is 0 Å². The molecule has 0 aromatic carbocycles. The van der Waals surface area contributed by atoms with Gasteiger partial charge in [-0.1, -0.05) is 0 Å². The highest BCUT2D eigenvalue weighted by Crippen LogP contribution is 2.49. The zero-order chi connectivity index (χ0) is 22.3. The standard InChI is InChI=1S/C7F16O3Si/c8-1(2(9)10)3(11,12)27(25-6(18,19)20,26-7(21,22)23)24-5(16,17)4(13,14)15. The Morgan fingerprint density at radius 3 is 1.11 bits per heavy atom. The maximum Gasteiger partial charge on any atom is 0.600 e. The van der Waals surface area contributed by atoms with E-state index >= 15 is 0 Å². The molecule has 0 atom stereocenters.